The minimum Gasteiger partial charge on any atom is -0.357 e. The Kier molecular flexibility index (Phi) is 5.80. The Morgan fingerprint density at radius 1 is 1.25 bits per heavy atom. The minimum atomic E-state index is 0.272. The van der Waals surface area contributed by atoms with Gasteiger partial charge in [0.2, 0.25) is 0 Å². The topological polar surface area (TPSA) is 48.6 Å². The van der Waals surface area contributed by atoms with Crippen molar-refractivity contribution in [3.8, 4) is 11.8 Å². The molecule has 0 aliphatic carbocycles. The van der Waals surface area contributed by atoms with Gasteiger partial charge in [-0.2, -0.15) is 0 Å². The highest BCUT2D eigenvalue weighted by Gasteiger charge is 2.26. The van der Waals surface area contributed by atoms with Gasteiger partial charge in [-0.25, -0.2) is 0 Å². The number of pyridine rings is 1. The van der Waals surface area contributed by atoms with Crippen molar-refractivity contribution in [3.63, 3.8) is 0 Å². The number of piperidine rings is 1. The van der Waals surface area contributed by atoms with E-state index >= 15 is 0 Å². The van der Waals surface area contributed by atoms with Crippen LogP contribution < -0.4 is 5.73 Å². The van der Waals surface area contributed by atoms with Gasteiger partial charge in [-0.3, -0.25) is 9.88 Å². The van der Waals surface area contributed by atoms with Crippen LogP contribution in [-0.2, 0) is 6.54 Å². The number of nitrogens with two attached hydrogens (primary N) is 1. The van der Waals surface area contributed by atoms with Crippen LogP contribution in [-0.4, -0.2) is 58.6 Å². The third-order valence-electron chi connectivity index (χ3n) is 5.53. The Balaban J connectivity index is 1.50. The van der Waals surface area contributed by atoms with E-state index in [1.807, 2.05) is 13.1 Å². The molecule has 5 heteroatoms. The summed E-state index contributed by atoms with van der Waals surface area (Å²) in [5.41, 5.74) is 7.33. The van der Waals surface area contributed by atoms with Gasteiger partial charge in [-0.15, -0.1) is 5.92 Å². The maximum Gasteiger partial charge on any atom is 0.103 e. The van der Waals surface area contributed by atoms with Crippen molar-refractivity contribution in [1.29, 1.82) is 0 Å². The average Bonchev–Trinajstić information content (AvgIpc) is 2.72. The molecule has 0 unspecified atom stereocenters. The molecule has 0 amide bonds. The summed E-state index contributed by atoms with van der Waals surface area (Å²) in [7, 11) is 0. The van der Waals surface area contributed by atoms with Gasteiger partial charge in [0.15, 0.2) is 0 Å². The first-order chi connectivity index (χ1) is 13.7. The third-order valence-corrected chi connectivity index (χ3v) is 5.53. The third kappa shape index (κ3) is 4.30. The van der Waals surface area contributed by atoms with Crippen molar-refractivity contribution in [3.05, 3.63) is 54.1 Å². The molecule has 1 saturated heterocycles. The molecule has 0 radical (unpaired) electrons. The normalized spacial score (nSPS) is 20.6. The van der Waals surface area contributed by atoms with Gasteiger partial charge in [-0.1, -0.05) is 30.2 Å². The van der Waals surface area contributed by atoms with Crippen molar-refractivity contribution in [2.75, 3.05) is 32.8 Å². The number of likely N-dealkylation sites (tertiary alicyclic amines) is 1. The van der Waals surface area contributed by atoms with Gasteiger partial charge in [0, 0.05) is 43.8 Å². The Morgan fingerprint density at radius 2 is 2.11 bits per heavy atom. The lowest BCUT2D eigenvalue weighted by Gasteiger charge is -2.43. The first-order valence-electron chi connectivity index (χ1n) is 10.1. The van der Waals surface area contributed by atoms with Crippen molar-refractivity contribution >= 4 is 10.8 Å². The summed E-state index contributed by atoms with van der Waals surface area (Å²) in [4.78, 5) is 11.9. The number of hydrogen-bond acceptors (Lipinski definition) is 5. The monoisotopic (exact) mass is 375 g/mol. The minimum absolute atomic E-state index is 0.272. The highest BCUT2D eigenvalue weighted by molar-refractivity contribution is 5.81. The van der Waals surface area contributed by atoms with Gasteiger partial charge >= 0.3 is 0 Å². The Hall–Kier alpha value is -2.55. The predicted octanol–water partition coefficient (Wildman–Crippen LogP) is 2.60. The standard InChI is InChI=1S/C23H29N5/c1-2-3-11-28-18-26(13-10-23(28)27-12-6-9-21(24)16-27)17-22-14-19-7-4-5-8-20(19)15-25-22/h4-5,7-8,10,14-15,21H,6,9,11-13,16-18,24H2,1H3/t21-/m1/s1. The number of aromatic nitrogens is 1. The first kappa shape index (κ1) is 18.8. The smallest absolute Gasteiger partial charge is 0.103 e. The second kappa shape index (κ2) is 8.64. The van der Waals surface area contributed by atoms with E-state index in [2.05, 4.69) is 67.9 Å². The summed E-state index contributed by atoms with van der Waals surface area (Å²) in [6, 6.07) is 10.9. The molecule has 2 aromatic rings. The number of benzene rings is 1. The van der Waals surface area contributed by atoms with Gasteiger partial charge in [0.05, 0.1) is 18.9 Å². The molecule has 2 N–H and O–H groups in total. The zero-order valence-corrected chi connectivity index (χ0v) is 16.6. The largest absolute Gasteiger partial charge is 0.357 e. The fourth-order valence-electron chi connectivity index (χ4n) is 4.12. The summed E-state index contributed by atoms with van der Waals surface area (Å²) >= 11 is 0. The lowest BCUT2D eigenvalue weighted by atomic mass is 10.1. The van der Waals surface area contributed by atoms with Crippen molar-refractivity contribution < 1.29 is 0 Å². The molecule has 0 bridgehead atoms. The Labute approximate surface area is 167 Å². The van der Waals surface area contributed by atoms with Crippen LogP contribution in [0.1, 0.15) is 25.5 Å². The van der Waals surface area contributed by atoms with Crippen LogP contribution in [0.3, 0.4) is 0 Å². The second-order valence-electron chi connectivity index (χ2n) is 7.71. The molecule has 28 heavy (non-hydrogen) atoms. The van der Waals surface area contributed by atoms with Crippen LogP contribution in [0, 0.1) is 11.8 Å². The van der Waals surface area contributed by atoms with Crippen LogP contribution in [0.15, 0.2) is 48.4 Å². The molecule has 0 spiro atoms. The van der Waals surface area contributed by atoms with Gasteiger partial charge in [0.25, 0.3) is 0 Å². The second-order valence-corrected chi connectivity index (χ2v) is 7.71. The summed E-state index contributed by atoms with van der Waals surface area (Å²) < 4.78 is 0. The molecule has 146 valence electrons. The fraction of sp³-hybridized carbons (Fsp3) is 0.435. The molecular formula is C23H29N5. The quantitative estimate of drug-likeness (QED) is 0.833. The van der Waals surface area contributed by atoms with Crippen LogP contribution in [0.25, 0.3) is 10.8 Å². The van der Waals surface area contributed by atoms with E-state index in [9.17, 15) is 0 Å². The summed E-state index contributed by atoms with van der Waals surface area (Å²) in [6.45, 7) is 7.29. The van der Waals surface area contributed by atoms with Gasteiger partial charge < -0.3 is 15.5 Å². The zero-order chi connectivity index (χ0) is 19.3. The highest BCUT2D eigenvalue weighted by Crippen LogP contribution is 2.22. The number of rotatable bonds is 4. The Morgan fingerprint density at radius 3 is 2.93 bits per heavy atom. The SMILES string of the molecule is CC#CCN1CN(Cc2cc3ccccc3cn2)CC=C1N1CCC[C@@H](N)C1. The molecule has 0 saturated carbocycles. The lowest BCUT2D eigenvalue weighted by Crippen LogP contribution is -2.50. The van der Waals surface area contributed by atoms with Crippen molar-refractivity contribution in [2.24, 2.45) is 5.73 Å². The molecule has 1 aromatic heterocycles. The number of nitrogens with zero attached hydrogens (tertiary/aromatic N) is 4. The highest BCUT2D eigenvalue weighted by atomic mass is 15.4. The summed E-state index contributed by atoms with van der Waals surface area (Å²) in [5, 5.41) is 2.44. The molecule has 2 aliphatic rings. The van der Waals surface area contributed by atoms with Crippen LogP contribution in [0.5, 0.6) is 0 Å². The molecule has 1 aromatic carbocycles. The lowest BCUT2D eigenvalue weighted by molar-refractivity contribution is 0.101. The maximum atomic E-state index is 6.22. The van der Waals surface area contributed by atoms with Crippen molar-refractivity contribution in [1.82, 2.24) is 19.7 Å². The molecular weight excluding hydrogens is 346 g/mol. The summed E-state index contributed by atoms with van der Waals surface area (Å²) in [6.07, 6.45) is 6.60. The van der Waals surface area contributed by atoms with Gasteiger partial charge in [-0.05, 0) is 37.3 Å². The molecule has 1 fully saturated rings. The van der Waals surface area contributed by atoms with Crippen LogP contribution >= 0.6 is 0 Å². The molecule has 2 aliphatic heterocycles. The van der Waals surface area contributed by atoms with E-state index in [0.29, 0.717) is 0 Å². The maximum absolute atomic E-state index is 6.22. The van der Waals surface area contributed by atoms with Gasteiger partial charge in [0.1, 0.15) is 5.82 Å². The number of fused-ring (bicyclic) bond motifs is 1. The van der Waals surface area contributed by atoms with Crippen LogP contribution in [0.2, 0.25) is 0 Å². The number of hydrogen-bond donors (Lipinski definition) is 1. The predicted molar refractivity (Wildman–Crippen MR) is 114 cm³/mol. The van der Waals surface area contributed by atoms with E-state index in [-0.39, 0.29) is 6.04 Å². The van der Waals surface area contributed by atoms with Crippen LogP contribution in [0.4, 0.5) is 0 Å². The Bertz CT molecular complexity index is 910. The van der Waals surface area contributed by atoms with E-state index < -0.39 is 0 Å². The average molecular weight is 376 g/mol. The van der Waals surface area contributed by atoms with E-state index in [1.165, 1.54) is 16.6 Å². The fourth-order valence-corrected chi connectivity index (χ4v) is 4.12. The molecule has 4 rings (SSSR count). The zero-order valence-electron chi connectivity index (χ0n) is 16.6. The first-order valence-corrected chi connectivity index (χ1v) is 10.1. The van der Waals surface area contributed by atoms with E-state index in [4.69, 9.17) is 5.73 Å². The molecule has 1 atom stereocenters. The summed E-state index contributed by atoms with van der Waals surface area (Å²) in [5.74, 6) is 7.57. The van der Waals surface area contributed by atoms with E-state index in [1.54, 1.807) is 0 Å². The van der Waals surface area contributed by atoms with E-state index in [0.717, 1.165) is 57.9 Å². The van der Waals surface area contributed by atoms with Crippen molar-refractivity contribution in [2.45, 2.75) is 32.4 Å². The molecule has 5 nitrogen and oxygen atoms in total. The molecule has 3 heterocycles.